The van der Waals surface area contributed by atoms with E-state index >= 15 is 0 Å². The fraction of sp³-hybridized carbons (Fsp3) is 0.360. The molecule has 0 saturated carbocycles. The van der Waals surface area contributed by atoms with Gasteiger partial charge in [0.25, 0.3) is 0 Å². The van der Waals surface area contributed by atoms with Gasteiger partial charge in [0.1, 0.15) is 11.6 Å². The third-order valence-corrected chi connectivity index (χ3v) is 5.38. The van der Waals surface area contributed by atoms with Crippen molar-refractivity contribution >= 4 is 22.3 Å². The van der Waals surface area contributed by atoms with Crippen LogP contribution in [0.4, 0.5) is 11.5 Å². The lowest BCUT2D eigenvalue weighted by atomic mass is 10.2. The van der Waals surface area contributed by atoms with Crippen LogP contribution in [-0.4, -0.2) is 58.0 Å². The summed E-state index contributed by atoms with van der Waals surface area (Å²) in [6, 6.07) is 14.0. The zero-order chi connectivity index (χ0) is 23.0. The van der Waals surface area contributed by atoms with Crippen LogP contribution in [0.2, 0.25) is 0 Å². The van der Waals surface area contributed by atoms with Crippen LogP contribution in [0.25, 0.3) is 22.0 Å². The molecule has 2 aromatic rings. The predicted molar refractivity (Wildman–Crippen MR) is 130 cm³/mol. The fourth-order valence-corrected chi connectivity index (χ4v) is 3.75. The molecule has 8 heteroatoms. The van der Waals surface area contributed by atoms with Gasteiger partial charge < -0.3 is 29.0 Å². The molecule has 0 fully saturated rings. The van der Waals surface area contributed by atoms with Gasteiger partial charge in [0.15, 0.2) is 11.5 Å². The van der Waals surface area contributed by atoms with Crippen molar-refractivity contribution < 1.29 is 23.7 Å². The second-order valence-corrected chi connectivity index (χ2v) is 7.69. The van der Waals surface area contributed by atoms with Crippen molar-refractivity contribution in [2.75, 3.05) is 53.1 Å². The highest BCUT2D eigenvalue weighted by Crippen LogP contribution is 2.43. The molecule has 176 valence electrons. The Morgan fingerprint density at radius 1 is 0.788 bits per heavy atom. The lowest BCUT2D eigenvalue weighted by Gasteiger charge is -2.13. The number of rotatable bonds is 13. The summed E-state index contributed by atoms with van der Waals surface area (Å²) < 4.78 is 27.7. The molecule has 33 heavy (non-hydrogen) atoms. The molecule has 1 aliphatic heterocycles. The largest absolute Gasteiger partial charge is 0.497 e. The minimum absolute atomic E-state index is 0.553. The van der Waals surface area contributed by atoms with E-state index in [-0.39, 0.29) is 0 Å². The zero-order valence-corrected chi connectivity index (χ0v) is 19.3. The molecule has 0 bridgehead atoms. The van der Waals surface area contributed by atoms with Crippen molar-refractivity contribution in [3.63, 3.8) is 0 Å². The standard InChI is InChI=1S/C25H31N3O5/c1-29-9-5-11-32-22-14-17-13-21-24(20(17)16-23(22)33-12-6-10-30-2)27-28-25(21)26-18-7-4-8-19(15-18)31-3/h4,7-8,13-16,26-28H,5-6,9-12H2,1-3H3. The molecule has 0 atom stereocenters. The topological polar surface area (TPSA) is 89.8 Å². The Morgan fingerprint density at radius 2 is 1.52 bits per heavy atom. The monoisotopic (exact) mass is 453 g/mol. The van der Waals surface area contributed by atoms with Crippen LogP contribution < -0.4 is 19.5 Å². The second-order valence-electron chi connectivity index (χ2n) is 7.69. The Kier molecular flexibility index (Phi) is 7.59. The van der Waals surface area contributed by atoms with Gasteiger partial charge in [-0.3, -0.25) is 10.2 Å². The molecule has 2 aromatic carbocycles. The van der Waals surface area contributed by atoms with Gasteiger partial charge in [-0.25, -0.2) is 0 Å². The molecule has 0 amide bonds. The number of methoxy groups -OCH3 is 3. The Balaban J connectivity index is 1.61. The molecule has 1 aliphatic carbocycles. The first-order valence-electron chi connectivity index (χ1n) is 11.0. The molecule has 8 nitrogen and oxygen atoms in total. The number of aromatic nitrogens is 2. The van der Waals surface area contributed by atoms with E-state index in [4.69, 9.17) is 23.7 Å². The third kappa shape index (κ3) is 5.35. The molecule has 0 spiro atoms. The third-order valence-electron chi connectivity index (χ3n) is 5.38. The van der Waals surface area contributed by atoms with Crippen molar-refractivity contribution in [2.45, 2.75) is 12.8 Å². The van der Waals surface area contributed by atoms with E-state index in [1.807, 2.05) is 36.4 Å². The SMILES string of the molecule is COCCCOc1cc2cc3c(Nc4cccc(OC)c4)[nH][nH]c-3c2cc1OCCCOC. The maximum Gasteiger partial charge on any atom is 0.161 e. The summed E-state index contributed by atoms with van der Waals surface area (Å²) >= 11 is 0. The van der Waals surface area contributed by atoms with E-state index in [9.17, 15) is 0 Å². The summed E-state index contributed by atoms with van der Waals surface area (Å²) in [6.07, 6.45) is 1.61. The Hall–Kier alpha value is -3.36. The quantitative estimate of drug-likeness (QED) is 0.242. The normalized spacial score (nSPS) is 11.2. The van der Waals surface area contributed by atoms with Gasteiger partial charge in [-0.2, -0.15) is 0 Å². The first kappa shape index (κ1) is 22.8. The number of nitrogens with one attached hydrogen (secondary N) is 3. The van der Waals surface area contributed by atoms with Gasteiger partial charge in [0.05, 0.1) is 26.0 Å². The van der Waals surface area contributed by atoms with Gasteiger partial charge >= 0.3 is 0 Å². The Morgan fingerprint density at radius 3 is 2.21 bits per heavy atom. The van der Waals surface area contributed by atoms with Gasteiger partial charge in [-0.05, 0) is 35.7 Å². The lowest BCUT2D eigenvalue weighted by molar-refractivity contribution is 0.163. The van der Waals surface area contributed by atoms with Crippen LogP contribution in [0.3, 0.4) is 0 Å². The summed E-state index contributed by atoms with van der Waals surface area (Å²) in [6.45, 7) is 2.42. The lowest BCUT2D eigenvalue weighted by Crippen LogP contribution is -2.05. The molecule has 0 unspecified atom stereocenters. The number of aromatic amines is 2. The van der Waals surface area contributed by atoms with Crippen LogP contribution in [0.15, 0.2) is 42.5 Å². The molecular weight excluding hydrogens is 422 g/mol. The maximum absolute atomic E-state index is 6.06. The highest BCUT2D eigenvalue weighted by atomic mass is 16.5. The van der Waals surface area contributed by atoms with Crippen LogP contribution in [-0.2, 0) is 9.47 Å². The van der Waals surface area contributed by atoms with Crippen LogP contribution in [0, 0.1) is 0 Å². The Labute approximate surface area is 193 Å². The summed E-state index contributed by atoms with van der Waals surface area (Å²) in [5.74, 6) is 3.12. The number of hydrogen-bond acceptors (Lipinski definition) is 6. The number of hydrogen-bond donors (Lipinski definition) is 3. The fourth-order valence-electron chi connectivity index (χ4n) is 3.75. The van der Waals surface area contributed by atoms with Crippen LogP contribution in [0.5, 0.6) is 17.2 Å². The van der Waals surface area contributed by atoms with Crippen molar-refractivity contribution in [3.8, 4) is 28.5 Å². The van der Waals surface area contributed by atoms with E-state index < -0.39 is 0 Å². The number of ether oxygens (including phenoxy) is 5. The van der Waals surface area contributed by atoms with E-state index in [2.05, 4.69) is 21.6 Å². The van der Waals surface area contributed by atoms with E-state index in [0.29, 0.717) is 26.4 Å². The van der Waals surface area contributed by atoms with Gasteiger partial charge in [0, 0.05) is 63.0 Å². The molecule has 4 rings (SSSR count). The summed E-state index contributed by atoms with van der Waals surface area (Å²) in [5, 5.41) is 12.1. The number of anilines is 2. The zero-order valence-electron chi connectivity index (χ0n) is 19.3. The van der Waals surface area contributed by atoms with Gasteiger partial charge in [-0.1, -0.05) is 6.07 Å². The molecule has 1 heterocycles. The highest BCUT2D eigenvalue weighted by molar-refractivity contribution is 6.05. The minimum Gasteiger partial charge on any atom is -0.497 e. The molecule has 0 radical (unpaired) electrons. The average Bonchev–Trinajstić information content (AvgIpc) is 3.39. The Bertz CT molecular complexity index is 1140. The maximum atomic E-state index is 6.06. The highest BCUT2D eigenvalue weighted by Gasteiger charge is 2.20. The molecule has 2 aliphatic rings. The smallest absolute Gasteiger partial charge is 0.161 e. The van der Waals surface area contributed by atoms with Crippen molar-refractivity contribution in [1.29, 1.82) is 0 Å². The van der Waals surface area contributed by atoms with E-state index in [1.165, 1.54) is 0 Å². The average molecular weight is 454 g/mol. The van der Waals surface area contributed by atoms with Crippen LogP contribution >= 0.6 is 0 Å². The second kappa shape index (κ2) is 11.0. The summed E-state index contributed by atoms with van der Waals surface area (Å²) in [4.78, 5) is 0. The summed E-state index contributed by atoms with van der Waals surface area (Å²) in [5.41, 5.74) is 2.99. The number of fused-ring (bicyclic) bond motifs is 3. The van der Waals surface area contributed by atoms with E-state index in [1.54, 1.807) is 21.3 Å². The summed E-state index contributed by atoms with van der Waals surface area (Å²) in [7, 11) is 5.04. The first-order chi connectivity index (χ1) is 16.2. The number of H-pyrrole nitrogens is 2. The van der Waals surface area contributed by atoms with Gasteiger partial charge in [-0.15, -0.1) is 0 Å². The number of benzene rings is 2. The predicted octanol–water partition coefficient (Wildman–Crippen LogP) is 5.18. The molecule has 0 aromatic heterocycles. The van der Waals surface area contributed by atoms with Crippen molar-refractivity contribution in [1.82, 2.24) is 10.2 Å². The van der Waals surface area contributed by atoms with Gasteiger partial charge in [0.2, 0.25) is 0 Å². The van der Waals surface area contributed by atoms with Crippen LogP contribution in [0.1, 0.15) is 12.8 Å². The minimum atomic E-state index is 0.553. The molecule has 0 saturated heterocycles. The van der Waals surface area contributed by atoms with Crippen molar-refractivity contribution in [2.24, 2.45) is 0 Å². The van der Waals surface area contributed by atoms with Crippen molar-refractivity contribution in [3.05, 3.63) is 42.5 Å². The molecule has 3 N–H and O–H groups in total. The van der Waals surface area contributed by atoms with E-state index in [0.717, 1.165) is 63.6 Å². The molecular formula is C25H31N3O5. The first-order valence-corrected chi connectivity index (χ1v) is 11.0.